The molecule has 2 aromatic rings. The Morgan fingerprint density at radius 1 is 1.05 bits per heavy atom. The van der Waals surface area contributed by atoms with Crippen molar-refractivity contribution in [2.45, 2.75) is 24.2 Å². The summed E-state index contributed by atoms with van der Waals surface area (Å²) < 4.78 is 0. The molecule has 1 unspecified atom stereocenters. The second-order valence-electron chi connectivity index (χ2n) is 4.80. The van der Waals surface area contributed by atoms with Crippen LogP contribution in [0.1, 0.15) is 23.5 Å². The molecule has 0 amide bonds. The summed E-state index contributed by atoms with van der Waals surface area (Å²) in [7, 11) is 0. The van der Waals surface area contributed by atoms with E-state index in [2.05, 4.69) is 61.5 Å². The molecule has 0 radical (unpaired) electrons. The van der Waals surface area contributed by atoms with Crippen LogP contribution in [-0.2, 0) is 0 Å². The summed E-state index contributed by atoms with van der Waals surface area (Å²) in [5.41, 5.74) is 8.61. The van der Waals surface area contributed by atoms with E-state index in [0.29, 0.717) is 5.92 Å². The van der Waals surface area contributed by atoms with Crippen LogP contribution in [0.2, 0.25) is 0 Å². The number of rotatable bonds is 6. The van der Waals surface area contributed by atoms with E-state index in [-0.39, 0.29) is 0 Å². The van der Waals surface area contributed by atoms with E-state index in [1.54, 1.807) is 0 Å². The zero-order valence-corrected chi connectivity index (χ0v) is 12.2. The molecule has 0 aliphatic heterocycles. The van der Waals surface area contributed by atoms with E-state index >= 15 is 0 Å². The maximum absolute atomic E-state index is 5.93. The molecule has 1 atom stereocenters. The van der Waals surface area contributed by atoms with Crippen molar-refractivity contribution in [1.82, 2.24) is 0 Å². The molecule has 0 saturated heterocycles. The molecule has 2 rings (SSSR count). The highest BCUT2D eigenvalue weighted by molar-refractivity contribution is 7.99. The standard InChI is InChI=1S/C17H21NS/c1-14-6-5-7-15(12-14)16(13-18)10-11-19-17-8-3-2-4-9-17/h2-9,12,16H,10-11,13,18H2,1H3. The summed E-state index contributed by atoms with van der Waals surface area (Å²) in [6.07, 6.45) is 1.12. The number of nitrogens with two attached hydrogens (primary N) is 1. The molecule has 0 bridgehead atoms. The zero-order valence-electron chi connectivity index (χ0n) is 11.4. The number of hydrogen-bond donors (Lipinski definition) is 1. The second-order valence-corrected chi connectivity index (χ2v) is 5.97. The van der Waals surface area contributed by atoms with Gasteiger partial charge in [-0.05, 0) is 49.3 Å². The van der Waals surface area contributed by atoms with E-state index in [0.717, 1.165) is 18.7 Å². The smallest absolute Gasteiger partial charge is 0.00719 e. The summed E-state index contributed by atoms with van der Waals surface area (Å²) in [4.78, 5) is 1.34. The van der Waals surface area contributed by atoms with Gasteiger partial charge in [0.2, 0.25) is 0 Å². The summed E-state index contributed by atoms with van der Waals surface area (Å²) in [6, 6.07) is 19.3. The van der Waals surface area contributed by atoms with Gasteiger partial charge < -0.3 is 5.73 Å². The van der Waals surface area contributed by atoms with Crippen molar-refractivity contribution in [2.24, 2.45) is 5.73 Å². The average Bonchev–Trinajstić information content (AvgIpc) is 2.45. The normalized spacial score (nSPS) is 12.3. The third kappa shape index (κ3) is 4.41. The van der Waals surface area contributed by atoms with E-state index in [9.17, 15) is 0 Å². The first kappa shape index (κ1) is 14.2. The molecule has 1 nitrogen and oxygen atoms in total. The molecule has 2 N–H and O–H groups in total. The van der Waals surface area contributed by atoms with Crippen LogP contribution in [0, 0.1) is 6.92 Å². The van der Waals surface area contributed by atoms with Crippen LogP contribution < -0.4 is 5.73 Å². The number of hydrogen-bond acceptors (Lipinski definition) is 2. The van der Waals surface area contributed by atoms with Crippen LogP contribution in [0.3, 0.4) is 0 Å². The average molecular weight is 271 g/mol. The first-order chi connectivity index (χ1) is 9.29. The quantitative estimate of drug-likeness (QED) is 0.796. The number of benzene rings is 2. The van der Waals surface area contributed by atoms with E-state index < -0.39 is 0 Å². The monoisotopic (exact) mass is 271 g/mol. The lowest BCUT2D eigenvalue weighted by Gasteiger charge is -2.15. The lowest BCUT2D eigenvalue weighted by Crippen LogP contribution is -2.13. The van der Waals surface area contributed by atoms with Crippen LogP contribution in [0.15, 0.2) is 59.5 Å². The Kier molecular flexibility index (Phi) is 5.49. The van der Waals surface area contributed by atoms with Gasteiger partial charge in [0.1, 0.15) is 0 Å². The van der Waals surface area contributed by atoms with Crippen LogP contribution in [0.5, 0.6) is 0 Å². The minimum absolute atomic E-state index is 0.469. The molecule has 0 fully saturated rings. The van der Waals surface area contributed by atoms with Gasteiger partial charge in [-0.3, -0.25) is 0 Å². The maximum Gasteiger partial charge on any atom is 0.00719 e. The molecule has 0 aliphatic rings. The van der Waals surface area contributed by atoms with Gasteiger partial charge in [-0.2, -0.15) is 0 Å². The number of aryl methyl sites for hydroxylation is 1. The Labute approximate surface area is 120 Å². The van der Waals surface area contributed by atoms with Crippen molar-refractivity contribution >= 4 is 11.8 Å². The Balaban J connectivity index is 1.89. The van der Waals surface area contributed by atoms with Crippen molar-refractivity contribution in [3.8, 4) is 0 Å². The Morgan fingerprint density at radius 3 is 2.53 bits per heavy atom. The first-order valence-electron chi connectivity index (χ1n) is 6.74. The van der Waals surface area contributed by atoms with Crippen molar-refractivity contribution < 1.29 is 0 Å². The van der Waals surface area contributed by atoms with Crippen molar-refractivity contribution in [3.05, 3.63) is 65.7 Å². The van der Waals surface area contributed by atoms with Crippen molar-refractivity contribution in [3.63, 3.8) is 0 Å². The van der Waals surface area contributed by atoms with E-state index in [1.165, 1.54) is 16.0 Å². The molecule has 0 aromatic heterocycles. The predicted octanol–water partition coefficient (Wildman–Crippen LogP) is 4.22. The van der Waals surface area contributed by atoms with Gasteiger partial charge in [-0.15, -0.1) is 11.8 Å². The van der Waals surface area contributed by atoms with Gasteiger partial charge in [-0.25, -0.2) is 0 Å². The summed E-state index contributed by atoms with van der Waals surface area (Å²) >= 11 is 1.91. The molecule has 0 spiro atoms. The zero-order chi connectivity index (χ0) is 13.5. The predicted molar refractivity (Wildman–Crippen MR) is 84.8 cm³/mol. The molecular weight excluding hydrogens is 250 g/mol. The van der Waals surface area contributed by atoms with Gasteiger partial charge in [0.05, 0.1) is 0 Å². The molecule has 0 saturated carbocycles. The van der Waals surface area contributed by atoms with Crippen molar-refractivity contribution in [2.75, 3.05) is 12.3 Å². The molecule has 100 valence electrons. The Bertz CT molecular complexity index is 496. The van der Waals surface area contributed by atoms with Gasteiger partial charge in [0, 0.05) is 4.90 Å². The lowest BCUT2D eigenvalue weighted by atomic mass is 9.95. The minimum atomic E-state index is 0.469. The van der Waals surface area contributed by atoms with Crippen LogP contribution in [0.25, 0.3) is 0 Å². The molecule has 19 heavy (non-hydrogen) atoms. The number of thioether (sulfide) groups is 1. The van der Waals surface area contributed by atoms with Gasteiger partial charge in [-0.1, -0.05) is 48.0 Å². The van der Waals surface area contributed by atoms with Crippen molar-refractivity contribution in [1.29, 1.82) is 0 Å². The van der Waals surface area contributed by atoms with Gasteiger partial charge in [0.15, 0.2) is 0 Å². The third-order valence-corrected chi connectivity index (χ3v) is 4.32. The highest BCUT2D eigenvalue weighted by Gasteiger charge is 2.09. The molecule has 2 heteroatoms. The molecular formula is C17H21NS. The molecule has 2 aromatic carbocycles. The largest absolute Gasteiger partial charge is 0.330 e. The second kappa shape index (κ2) is 7.37. The highest BCUT2D eigenvalue weighted by Crippen LogP contribution is 2.25. The SMILES string of the molecule is Cc1cccc(C(CN)CCSc2ccccc2)c1. The van der Waals surface area contributed by atoms with E-state index in [4.69, 9.17) is 5.73 Å². The topological polar surface area (TPSA) is 26.0 Å². The Morgan fingerprint density at radius 2 is 1.84 bits per heavy atom. The third-order valence-electron chi connectivity index (χ3n) is 3.28. The lowest BCUT2D eigenvalue weighted by molar-refractivity contribution is 0.679. The fraction of sp³-hybridized carbons (Fsp3) is 0.294. The van der Waals surface area contributed by atoms with E-state index in [1.807, 2.05) is 11.8 Å². The summed E-state index contributed by atoms with van der Waals surface area (Å²) in [5.74, 6) is 1.58. The van der Waals surface area contributed by atoms with Gasteiger partial charge >= 0.3 is 0 Å². The van der Waals surface area contributed by atoms with Crippen LogP contribution in [0.4, 0.5) is 0 Å². The van der Waals surface area contributed by atoms with Gasteiger partial charge in [0.25, 0.3) is 0 Å². The fourth-order valence-corrected chi connectivity index (χ4v) is 3.17. The molecule has 0 aliphatic carbocycles. The highest BCUT2D eigenvalue weighted by atomic mass is 32.2. The van der Waals surface area contributed by atoms with Crippen LogP contribution in [-0.4, -0.2) is 12.3 Å². The minimum Gasteiger partial charge on any atom is -0.330 e. The summed E-state index contributed by atoms with van der Waals surface area (Å²) in [5, 5.41) is 0. The Hall–Kier alpha value is -1.25. The molecule has 0 heterocycles. The van der Waals surface area contributed by atoms with Crippen LogP contribution >= 0.6 is 11.8 Å². The fourth-order valence-electron chi connectivity index (χ4n) is 2.18. The first-order valence-corrected chi connectivity index (χ1v) is 7.72. The maximum atomic E-state index is 5.93. The summed E-state index contributed by atoms with van der Waals surface area (Å²) in [6.45, 7) is 2.86.